The SMILES string of the molecule is CCCCCCCCCCCCCCCCCCCCCC(=O)OC[C@@H](COC(=O)CCCCCCC)OC(=O)CCCCCCCCCCCC(C)C. The lowest BCUT2D eigenvalue weighted by Crippen LogP contribution is -2.30. The van der Waals surface area contributed by atoms with E-state index >= 15 is 0 Å². The van der Waals surface area contributed by atoms with Crippen LogP contribution in [-0.2, 0) is 28.6 Å². The topological polar surface area (TPSA) is 78.9 Å². The zero-order valence-corrected chi connectivity index (χ0v) is 36.7. The second kappa shape index (κ2) is 42.6. The molecule has 6 heteroatoms. The van der Waals surface area contributed by atoms with Crippen molar-refractivity contribution in [1.82, 2.24) is 0 Å². The number of carbonyl (C=O) groups is 3. The Morgan fingerprint density at radius 1 is 0.352 bits per heavy atom. The summed E-state index contributed by atoms with van der Waals surface area (Å²) < 4.78 is 16.6. The third-order valence-corrected chi connectivity index (χ3v) is 10.8. The van der Waals surface area contributed by atoms with Gasteiger partial charge in [-0.3, -0.25) is 14.4 Å². The first-order valence-electron chi connectivity index (χ1n) is 23.9. The zero-order valence-electron chi connectivity index (χ0n) is 36.7. The van der Waals surface area contributed by atoms with Gasteiger partial charge in [0.05, 0.1) is 0 Å². The van der Waals surface area contributed by atoms with Gasteiger partial charge in [-0.05, 0) is 25.2 Å². The molecular formula is C48H92O6. The summed E-state index contributed by atoms with van der Waals surface area (Å²) in [5.41, 5.74) is 0. The quantitative estimate of drug-likeness (QED) is 0.0349. The van der Waals surface area contributed by atoms with E-state index in [0.717, 1.165) is 70.1 Å². The van der Waals surface area contributed by atoms with Crippen molar-refractivity contribution in [2.24, 2.45) is 5.92 Å². The predicted octanol–water partition coefficient (Wildman–Crippen LogP) is 15.1. The van der Waals surface area contributed by atoms with Crippen molar-refractivity contribution in [3.63, 3.8) is 0 Å². The van der Waals surface area contributed by atoms with Crippen molar-refractivity contribution in [3.8, 4) is 0 Å². The van der Waals surface area contributed by atoms with E-state index in [0.29, 0.717) is 19.3 Å². The lowest BCUT2D eigenvalue weighted by molar-refractivity contribution is -0.167. The van der Waals surface area contributed by atoms with Crippen LogP contribution in [0.1, 0.15) is 265 Å². The Labute approximate surface area is 336 Å². The summed E-state index contributed by atoms with van der Waals surface area (Å²) in [4.78, 5) is 37.5. The van der Waals surface area contributed by atoms with Crippen LogP contribution in [0, 0.1) is 5.92 Å². The first-order chi connectivity index (χ1) is 26.4. The molecule has 0 aliphatic heterocycles. The van der Waals surface area contributed by atoms with Gasteiger partial charge in [0, 0.05) is 19.3 Å². The Hall–Kier alpha value is -1.59. The minimum atomic E-state index is -0.758. The minimum absolute atomic E-state index is 0.0648. The average Bonchev–Trinajstić information content (AvgIpc) is 3.15. The maximum Gasteiger partial charge on any atom is 0.306 e. The van der Waals surface area contributed by atoms with Crippen LogP contribution in [0.4, 0.5) is 0 Å². The fraction of sp³-hybridized carbons (Fsp3) is 0.938. The third kappa shape index (κ3) is 41.6. The summed E-state index contributed by atoms with van der Waals surface area (Å²) in [6, 6.07) is 0. The standard InChI is InChI=1S/C48H92O6/c1-5-7-9-11-12-13-14-15-16-17-18-19-20-21-22-25-28-32-36-40-47(50)53-43-45(42-52-46(49)39-35-30-10-8-6-2)54-48(51)41-37-33-29-26-23-24-27-31-34-38-44(3)4/h44-45H,5-43H2,1-4H3/t45-/m1/s1. The van der Waals surface area contributed by atoms with E-state index in [1.807, 2.05) is 0 Å². The summed E-state index contributed by atoms with van der Waals surface area (Å²) in [5.74, 6) is -0.0612. The highest BCUT2D eigenvalue weighted by atomic mass is 16.6. The van der Waals surface area contributed by atoms with E-state index in [-0.39, 0.29) is 31.1 Å². The van der Waals surface area contributed by atoms with Crippen molar-refractivity contribution < 1.29 is 28.6 Å². The van der Waals surface area contributed by atoms with Gasteiger partial charge in [-0.15, -0.1) is 0 Å². The van der Waals surface area contributed by atoms with E-state index in [4.69, 9.17) is 14.2 Å². The Morgan fingerprint density at radius 3 is 0.907 bits per heavy atom. The molecule has 0 aromatic rings. The lowest BCUT2D eigenvalue weighted by atomic mass is 10.0. The third-order valence-electron chi connectivity index (χ3n) is 10.8. The first-order valence-corrected chi connectivity index (χ1v) is 23.9. The summed E-state index contributed by atoms with van der Waals surface area (Å²) >= 11 is 0. The van der Waals surface area contributed by atoms with Crippen LogP contribution < -0.4 is 0 Å². The van der Waals surface area contributed by atoms with Crippen LogP contribution in [0.2, 0.25) is 0 Å². The van der Waals surface area contributed by atoms with Crippen LogP contribution in [0.15, 0.2) is 0 Å². The highest BCUT2D eigenvalue weighted by molar-refractivity contribution is 5.71. The van der Waals surface area contributed by atoms with Gasteiger partial charge in [0.25, 0.3) is 0 Å². The molecule has 0 aliphatic carbocycles. The molecule has 0 N–H and O–H groups in total. The second-order valence-electron chi connectivity index (χ2n) is 16.9. The normalized spacial score (nSPS) is 11.9. The van der Waals surface area contributed by atoms with E-state index in [2.05, 4.69) is 27.7 Å². The molecule has 0 saturated carbocycles. The van der Waals surface area contributed by atoms with Crippen molar-refractivity contribution >= 4 is 17.9 Å². The highest BCUT2D eigenvalue weighted by Crippen LogP contribution is 2.17. The van der Waals surface area contributed by atoms with Gasteiger partial charge < -0.3 is 14.2 Å². The molecule has 0 spiro atoms. The van der Waals surface area contributed by atoms with Crippen molar-refractivity contribution in [2.45, 2.75) is 271 Å². The summed E-state index contributed by atoms with van der Waals surface area (Å²) in [6.45, 7) is 8.91. The number of esters is 3. The van der Waals surface area contributed by atoms with E-state index in [1.165, 1.54) is 154 Å². The van der Waals surface area contributed by atoms with Crippen LogP contribution in [0.25, 0.3) is 0 Å². The molecule has 0 aromatic carbocycles. The van der Waals surface area contributed by atoms with E-state index < -0.39 is 6.10 Å². The van der Waals surface area contributed by atoms with Gasteiger partial charge in [0.1, 0.15) is 13.2 Å². The summed E-state index contributed by atoms with van der Waals surface area (Å²) in [7, 11) is 0. The van der Waals surface area contributed by atoms with Crippen LogP contribution in [0.3, 0.4) is 0 Å². The van der Waals surface area contributed by atoms with E-state index in [1.54, 1.807) is 0 Å². The number of carbonyl (C=O) groups excluding carboxylic acids is 3. The highest BCUT2D eigenvalue weighted by Gasteiger charge is 2.19. The smallest absolute Gasteiger partial charge is 0.306 e. The van der Waals surface area contributed by atoms with Crippen LogP contribution >= 0.6 is 0 Å². The average molecular weight is 765 g/mol. The largest absolute Gasteiger partial charge is 0.462 e. The lowest BCUT2D eigenvalue weighted by Gasteiger charge is -2.18. The van der Waals surface area contributed by atoms with Gasteiger partial charge in [0.15, 0.2) is 6.10 Å². The Kier molecular flexibility index (Phi) is 41.3. The molecule has 320 valence electrons. The fourth-order valence-electron chi connectivity index (χ4n) is 7.16. The van der Waals surface area contributed by atoms with Gasteiger partial charge >= 0.3 is 17.9 Å². The molecule has 0 aromatic heterocycles. The molecule has 1 atom stereocenters. The van der Waals surface area contributed by atoms with Gasteiger partial charge in [-0.2, -0.15) is 0 Å². The number of rotatable bonds is 43. The zero-order chi connectivity index (χ0) is 39.6. The van der Waals surface area contributed by atoms with Crippen molar-refractivity contribution in [2.75, 3.05) is 13.2 Å². The van der Waals surface area contributed by atoms with Crippen molar-refractivity contribution in [1.29, 1.82) is 0 Å². The number of hydrogen-bond acceptors (Lipinski definition) is 6. The van der Waals surface area contributed by atoms with Gasteiger partial charge in [0.2, 0.25) is 0 Å². The molecule has 0 amide bonds. The minimum Gasteiger partial charge on any atom is -0.462 e. The Morgan fingerprint density at radius 2 is 0.611 bits per heavy atom. The number of unbranched alkanes of at least 4 members (excludes halogenated alkanes) is 30. The maximum absolute atomic E-state index is 12.7. The molecule has 0 heterocycles. The first kappa shape index (κ1) is 52.4. The molecular weight excluding hydrogens is 673 g/mol. The monoisotopic (exact) mass is 765 g/mol. The molecule has 0 radical (unpaired) electrons. The Balaban J connectivity index is 4.10. The molecule has 54 heavy (non-hydrogen) atoms. The summed E-state index contributed by atoms with van der Waals surface area (Å²) in [5, 5.41) is 0. The molecule has 0 aliphatic rings. The van der Waals surface area contributed by atoms with Crippen molar-refractivity contribution in [3.05, 3.63) is 0 Å². The molecule has 6 nitrogen and oxygen atoms in total. The van der Waals surface area contributed by atoms with E-state index in [9.17, 15) is 14.4 Å². The Bertz CT molecular complexity index is 811. The molecule has 0 rings (SSSR count). The number of ether oxygens (including phenoxy) is 3. The molecule has 0 bridgehead atoms. The number of hydrogen-bond donors (Lipinski definition) is 0. The van der Waals surface area contributed by atoms with Crippen LogP contribution in [-0.4, -0.2) is 37.2 Å². The molecule has 0 saturated heterocycles. The van der Waals surface area contributed by atoms with Gasteiger partial charge in [-0.1, -0.05) is 227 Å². The maximum atomic E-state index is 12.7. The predicted molar refractivity (Wildman–Crippen MR) is 229 cm³/mol. The molecule has 0 unspecified atom stereocenters. The fourth-order valence-corrected chi connectivity index (χ4v) is 7.16. The summed E-state index contributed by atoms with van der Waals surface area (Å²) in [6.07, 6.45) is 42.7. The van der Waals surface area contributed by atoms with Gasteiger partial charge in [-0.25, -0.2) is 0 Å². The second-order valence-corrected chi connectivity index (χ2v) is 16.9. The molecule has 0 fully saturated rings. The van der Waals surface area contributed by atoms with Crippen LogP contribution in [0.5, 0.6) is 0 Å².